The van der Waals surface area contributed by atoms with Crippen molar-refractivity contribution in [2.75, 3.05) is 0 Å². The van der Waals surface area contributed by atoms with Gasteiger partial charge in [-0.1, -0.05) is 27.4 Å². The second kappa shape index (κ2) is 7.88. The van der Waals surface area contributed by atoms with Crippen LogP contribution in [0, 0.1) is 22.7 Å². The molecule has 5 nitrogen and oxygen atoms in total. The van der Waals surface area contributed by atoms with Crippen molar-refractivity contribution >= 4 is 17.7 Å². The molecule has 2 aliphatic carbocycles. The Morgan fingerprint density at radius 2 is 1.79 bits per heavy atom. The van der Waals surface area contributed by atoms with Crippen LogP contribution >= 0.6 is 0 Å². The lowest BCUT2D eigenvalue weighted by atomic mass is 9.44. The number of Topliss-reactive ketones (excluding diaryl/α,β-unsaturated/α-hetero) is 1. The van der Waals surface area contributed by atoms with Crippen molar-refractivity contribution in [1.82, 2.24) is 0 Å². The van der Waals surface area contributed by atoms with Crippen LogP contribution in [-0.2, 0) is 23.9 Å². The van der Waals surface area contributed by atoms with Crippen molar-refractivity contribution in [3.05, 3.63) is 12.7 Å². The molecule has 0 bridgehead atoms. The molecule has 5 heteroatoms. The van der Waals surface area contributed by atoms with E-state index in [9.17, 15) is 14.4 Å². The van der Waals surface area contributed by atoms with Crippen LogP contribution in [0.1, 0.15) is 87.0 Å². The lowest BCUT2D eigenvalue weighted by Crippen LogP contribution is -2.60. The monoisotopic (exact) mass is 406 g/mol. The van der Waals surface area contributed by atoms with E-state index in [4.69, 9.17) is 9.47 Å². The number of ether oxygens (including phenoxy) is 2. The van der Waals surface area contributed by atoms with Gasteiger partial charge in [0.2, 0.25) is 0 Å². The van der Waals surface area contributed by atoms with E-state index in [1.165, 1.54) is 13.8 Å². The Morgan fingerprint density at radius 1 is 1.17 bits per heavy atom. The van der Waals surface area contributed by atoms with Gasteiger partial charge in [0.05, 0.1) is 0 Å². The molecule has 0 aromatic rings. The van der Waals surface area contributed by atoms with Gasteiger partial charge in [0.25, 0.3) is 0 Å². The Kier molecular flexibility index (Phi) is 6.42. The van der Waals surface area contributed by atoms with E-state index in [0.29, 0.717) is 18.6 Å². The third-order valence-corrected chi connectivity index (χ3v) is 7.85. The predicted octanol–water partition coefficient (Wildman–Crippen LogP) is 5.02. The van der Waals surface area contributed by atoms with Crippen LogP contribution in [0.3, 0.4) is 0 Å². The lowest BCUT2D eigenvalue weighted by Gasteiger charge is -2.61. The SMILES string of the molecule is C=C[C@@](C)(CC[C@@H]1[C@@]2(C)CCC(=O)C(C)(C)[C@@H]2CC[C@@]1(C)OC(C)=O)OC(C)=O. The van der Waals surface area contributed by atoms with E-state index in [1.807, 2.05) is 13.8 Å². The van der Waals surface area contributed by atoms with Crippen LogP contribution in [-0.4, -0.2) is 28.9 Å². The maximum atomic E-state index is 12.7. The second-order valence-corrected chi connectivity index (χ2v) is 10.3. The van der Waals surface area contributed by atoms with Gasteiger partial charge < -0.3 is 9.47 Å². The molecular weight excluding hydrogens is 368 g/mol. The molecule has 0 unspecified atom stereocenters. The highest BCUT2D eigenvalue weighted by Gasteiger charge is 2.61. The molecule has 0 heterocycles. The number of hydrogen-bond acceptors (Lipinski definition) is 5. The Labute approximate surface area is 175 Å². The Morgan fingerprint density at radius 3 is 2.31 bits per heavy atom. The highest BCUT2D eigenvalue weighted by molar-refractivity contribution is 5.85. The fourth-order valence-corrected chi connectivity index (χ4v) is 6.35. The minimum Gasteiger partial charge on any atom is -0.459 e. The van der Waals surface area contributed by atoms with Crippen molar-refractivity contribution in [1.29, 1.82) is 0 Å². The third-order valence-electron chi connectivity index (χ3n) is 7.85. The largest absolute Gasteiger partial charge is 0.459 e. The van der Waals surface area contributed by atoms with Gasteiger partial charge in [0, 0.05) is 31.6 Å². The standard InChI is InChI=1S/C24H38O5/c1-9-22(6,28-16(2)25)13-10-19-23(7)14-12-20(27)21(4,5)18(23)11-15-24(19,8)29-17(3)26/h9,18-19H,1,10-15H2,2-8H3/t18-,19+,22-,23-,24+/m0/s1. The first-order valence-corrected chi connectivity index (χ1v) is 10.8. The minimum absolute atomic E-state index is 0.0554. The summed E-state index contributed by atoms with van der Waals surface area (Å²) in [5.74, 6) is -0.0106. The molecule has 0 amide bonds. The van der Waals surface area contributed by atoms with Gasteiger partial charge in [0.15, 0.2) is 0 Å². The van der Waals surface area contributed by atoms with Gasteiger partial charge in [0.1, 0.15) is 17.0 Å². The first-order chi connectivity index (χ1) is 13.2. The molecule has 164 valence electrons. The van der Waals surface area contributed by atoms with Crippen LogP contribution in [0.2, 0.25) is 0 Å². The number of ketones is 1. The first-order valence-electron chi connectivity index (χ1n) is 10.8. The fraction of sp³-hybridized carbons (Fsp3) is 0.792. The van der Waals surface area contributed by atoms with Crippen molar-refractivity contribution in [3.8, 4) is 0 Å². The summed E-state index contributed by atoms with van der Waals surface area (Å²) < 4.78 is 11.5. The van der Waals surface area contributed by atoms with Crippen LogP contribution in [0.5, 0.6) is 0 Å². The maximum Gasteiger partial charge on any atom is 0.303 e. The average Bonchev–Trinajstić information content (AvgIpc) is 2.56. The van der Waals surface area contributed by atoms with Gasteiger partial charge in [-0.2, -0.15) is 0 Å². The molecule has 0 saturated heterocycles. The molecular formula is C24H38O5. The molecule has 0 aromatic carbocycles. The third kappa shape index (κ3) is 4.44. The van der Waals surface area contributed by atoms with E-state index in [-0.39, 0.29) is 34.6 Å². The van der Waals surface area contributed by atoms with Gasteiger partial charge in [-0.15, -0.1) is 0 Å². The molecule has 0 aromatic heterocycles. The van der Waals surface area contributed by atoms with Crippen LogP contribution < -0.4 is 0 Å². The molecule has 0 radical (unpaired) electrons. The molecule has 0 N–H and O–H groups in total. The molecule has 2 aliphatic rings. The lowest BCUT2D eigenvalue weighted by molar-refractivity contribution is -0.201. The zero-order valence-corrected chi connectivity index (χ0v) is 19.2. The number of rotatable bonds is 6. The normalized spacial score (nSPS) is 35.8. The average molecular weight is 407 g/mol. The fourth-order valence-electron chi connectivity index (χ4n) is 6.35. The van der Waals surface area contributed by atoms with Crippen LogP contribution in [0.15, 0.2) is 12.7 Å². The smallest absolute Gasteiger partial charge is 0.303 e. The number of carbonyl (C=O) groups excluding carboxylic acids is 3. The molecule has 2 rings (SSSR count). The van der Waals surface area contributed by atoms with Crippen molar-refractivity contribution in [3.63, 3.8) is 0 Å². The second-order valence-electron chi connectivity index (χ2n) is 10.3. The minimum atomic E-state index is -0.772. The Bertz CT molecular complexity index is 695. The molecule has 2 saturated carbocycles. The summed E-state index contributed by atoms with van der Waals surface area (Å²) in [7, 11) is 0. The summed E-state index contributed by atoms with van der Waals surface area (Å²) in [6.07, 6.45) is 5.92. The molecule has 29 heavy (non-hydrogen) atoms. The molecule has 5 atom stereocenters. The van der Waals surface area contributed by atoms with E-state index >= 15 is 0 Å². The topological polar surface area (TPSA) is 69.7 Å². The summed E-state index contributed by atoms with van der Waals surface area (Å²) in [6.45, 7) is 17.0. The maximum absolute atomic E-state index is 12.7. The van der Waals surface area contributed by atoms with Gasteiger partial charge in [-0.3, -0.25) is 14.4 Å². The van der Waals surface area contributed by atoms with E-state index in [2.05, 4.69) is 27.4 Å². The van der Waals surface area contributed by atoms with Crippen molar-refractivity contribution in [2.45, 2.75) is 98.2 Å². The summed E-state index contributed by atoms with van der Waals surface area (Å²) in [4.78, 5) is 36.2. The van der Waals surface area contributed by atoms with Crippen LogP contribution in [0.25, 0.3) is 0 Å². The Balaban J connectivity index is 2.42. The van der Waals surface area contributed by atoms with Crippen molar-refractivity contribution < 1.29 is 23.9 Å². The highest BCUT2D eigenvalue weighted by atomic mass is 16.6. The quantitative estimate of drug-likeness (QED) is 0.458. The van der Waals surface area contributed by atoms with E-state index in [0.717, 1.165) is 25.7 Å². The predicted molar refractivity (Wildman–Crippen MR) is 112 cm³/mol. The van der Waals surface area contributed by atoms with Crippen molar-refractivity contribution in [2.24, 2.45) is 22.7 Å². The highest BCUT2D eigenvalue weighted by Crippen LogP contribution is 2.63. The summed E-state index contributed by atoms with van der Waals surface area (Å²) in [5.41, 5.74) is -1.91. The van der Waals surface area contributed by atoms with E-state index in [1.54, 1.807) is 6.08 Å². The zero-order chi connectivity index (χ0) is 22.3. The number of carbonyl (C=O) groups is 3. The van der Waals surface area contributed by atoms with E-state index < -0.39 is 11.2 Å². The summed E-state index contributed by atoms with van der Waals surface area (Å²) in [6, 6.07) is 0. The number of fused-ring (bicyclic) bond motifs is 1. The van der Waals surface area contributed by atoms with Gasteiger partial charge in [-0.25, -0.2) is 0 Å². The zero-order valence-electron chi connectivity index (χ0n) is 19.2. The Hall–Kier alpha value is -1.65. The number of hydrogen-bond donors (Lipinski definition) is 0. The van der Waals surface area contributed by atoms with Crippen LogP contribution in [0.4, 0.5) is 0 Å². The molecule has 0 aliphatic heterocycles. The summed E-state index contributed by atoms with van der Waals surface area (Å²) >= 11 is 0. The molecule has 0 spiro atoms. The first kappa shape index (κ1) is 23.6. The van der Waals surface area contributed by atoms with Gasteiger partial charge >= 0.3 is 11.9 Å². The molecule has 2 fully saturated rings. The number of esters is 2. The van der Waals surface area contributed by atoms with Gasteiger partial charge in [-0.05, 0) is 63.4 Å². The summed E-state index contributed by atoms with van der Waals surface area (Å²) in [5, 5.41) is 0.